The van der Waals surface area contributed by atoms with Crippen LogP contribution in [0.2, 0.25) is 0 Å². The summed E-state index contributed by atoms with van der Waals surface area (Å²) < 4.78 is 15.6. The molecule has 0 bridgehead atoms. The van der Waals surface area contributed by atoms with E-state index in [0.717, 1.165) is 5.56 Å². The van der Waals surface area contributed by atoms with Gasteiger partial charge in [-0.15, -0.1) is 0 Å². The highest BCUT2D eigenvalue weighted by atomic mass is 32.1. The van der Waals surface area contributed by atoms with E-state index >= 15 is 0 Å². The molecule has 1 aliphatic rings. The third-order valence-corrected chi connectivity index (χ3v) is 4.04. The second kappa shape index (κ2) is 6.70. The quantitative estimate of drug-likeness (QED) is 0.850. The van der Waals surface area contributed by atoms with Crippen LogP contribution >= 0.6 is 11.3 Å². The standard InChI is InChI=1S/C16H15NO5S/c1-20-16(19)13-8-22-15(17-13)12-3-2-11(6-14(12)18)21-7-10-4-5-23-9-10/h2-6,9,13,18H,7-8H2,1H3. The molecule has 3 rings (SSSR count). The maximum atomic E-state index is 11.4. The van der Waals surface area contributed by atoms with Crippen molar-refractivity contribution in [3.63, 3.8) is 0 Å². The molecule has 0 fully saturated rings. The van der Waals surface area contributed by atoms with E-state index < -0.39 is 12.0 Å². The highest BCUT2D eigenvalue weighted by molar-refractivity contribution is 7.07. The predicted molar refractivity (Wildman–Crippen MR) is 85.1 cm³/mol. The van der Waals surface area contributed by atoms with Crippen LogP contribution in [0.4, 0.5) is 0 Å². The van der Waals surface area contributed by atoms with Gasteiger partial charge in [-0.05, 0) is 34.5 Å². The maximum Gasteiger partial charge on any atom is 0.334 e. The van der Waals surface area contributed by atoms with Crippen LogP contribution in [0.1, 0.15) is 11.1 Å². The summed E-state index contributed by atoms with van der Waals surface area (Å²) in [6, 6.07) is 6.16. The molecule has 23 heavy (non-hydrogen) atoms. The van der Waals surface area contributed by atoms with Crippen LogP contribution in [0.15, 0.2) is 40.0 Å². The van der Waals surface area contributed by atoms with Crippen LogP contribution in [0.25, 0.3) is 0 Å². The summed E-state index contributed by atoms with van der Waals surface area (Å²) >= 11 is 1.60. The molecule has 7 heteroatoms. The summed E-state index contributed by atoms with van der Waals surface area (Å²) in [4.78, 5) is 15.6. The number of phenols is 1. The topological polar surface area (TPSA) is 77.4 Å². The number of phenolic OH excluding ortho intramolecular Hbond substituents is 1. The Morgan fingerprint density at radius 2 is 2.35 bits per heavy atom. The van der Waals surface area contributed by atoms with Gasteiger partial charge in [0.05, 0.1) is 12.7 Å². The van der Waals surface area contributed by atoms with Crippen molar-refractivity contribution in [2.24, 2.45) is 4.99 Å². The SMILES string of the molecule is COC(=O)C1COC(c2ccc(OCc3ccsc3)cc2O)=N1. The van der Waals surface area contributed by atoms with Crippen molar-refractivity contribution in [1.29, 1.82) is 0 Å². The second-order valence-corrected chi connectivity index (χ2v) is 5.66. The third-order valence-electron chi connectivity index (χ3n) is 3.31. The first-order valence-electron chi connectivity index (χ1n) is 6.93. The zero-order chi connectivity index (χ0) is 16.2. The molecule has 120 valence electrons. The van der Waals surface area contributed by atoms with Gasteiger partial charge in [0.1, 0.15) is 24.7 Å². The van der Waals surface area contributed by atoms with E-state index in [1.165, 1.54) is 13.2 Å². The lowest BCUT2D eigenvalue weighted by molar-refractivity contribution is -0.142. The number of aliphatic imine (C=N–C) groups is 1. The Labute approximate surface area is 137 Å². The number of thiophene rings is 1. The summed E-state index contributed by atoms with van der Waals surface area (Å²) in [5, 5.41) is 14.1. The molecule has 1 N–H and O–H groups in total. The zero-order valence-corrected chi connectivity index (χ0v) is 13.2. The van der Waals surface area contributed by atoms with Crippen LogP contribution in [0.5, 0.6) is 11.5 Å². The number of aromatic hydroxyl groups is 1. The van der Waals surface area contributed by atoms with E-state index in [4.69, 9.17) is 9.47 Å². The average Bonchev–Trinajstić information content (AvgIpc) is 3.24. The summed E-state index contributed by atoms with van der Waals surface area (Å²) in [6.45, 7) is 0.544. The summed E-state index contributed by atoms with van der Waals surface area (Å²) in [6.07, 6.45) is 0. The first kappa shape index (κ1) is 15.4. The fraction of sp³-hybridized carbons (Fsp3) is 0.250. The molecule has 1 aromatic heterocycles. The van der Waals surface area contributed by atoms with E-state index in [0.29, 0.717) is 17.9 Å². The minimum atomic E-state index is -0.691. The molecule has 0 radical (unpaired) electrons. The molecule has 0 saturated heterocycles. The van der Waals surface area contributed by atoms with Crippen molar-refractivity contribution in [1.82, 2.24) is 0 Å². The first-order valence-corrected chi connectivity index (χ1v) is 7.87. The van der Waals surface area contributed by atoms with Gasteiger partial charge in [0.2, 0.25) is 5.90 Å². The Morgan fingerprint density at radius 1 is 1.48 bits per heavy atom. The monoisotopic (exact) mass is 333 g/mol. The van der Waals surface area contributed by atoms with Gasteiger partial charge in [-0.25, -0.2) is 9.79 Å². The molecule has 1 aromatic carbocycles. The lowest BCUT2D eigenvalue weighted by atomic mass is 10.2. The molecule has 1 aliphatic heterocycles. The number of ether oxygens (including phenoxy) is 3. The fourth-order valence-corrected chi connectivity index (χ4v) is 2.75. The molecule has 0 aliphatic carbocycles. The highest BCUT2D eigenvalue weighted by Gasteiger charge is 2.28. The van der Waals surface area contributed by atoms with Gasteiger partial charge < -0.3 is 19.3 Å². The largest absolute Gasteiger partial charge is 0.507 e. The van der Waals surface area contributed by atoms with Crippen molar-refractivity contribution in [3.05, 3.63) is 46.2 Å². The van der Waals surface area contributed by atoms with Gasteiger partial charge in [0.15, 0.2) is 6.04 Å². The van der Waals surface area contributed by atoms with Crippen molar-refractivity contribution < 1.29 is 24.1 Å². The molecule has 2 heterocycles. The number of nitrogens with zero attached hydrogens (tertiary/aromatic N) is 1. The number of rotatable bonds is 5. The molecule has 0 saturated carbocycles. The number of hydrogen-bond acceptors (Lipinski definition) is 7. The highest BCUT2D eigenvalue weighted by Crippen LogP contribution is 2.27. The van der Waals surface area contributed by atoms with Crippen molar-refractivity contribution in [3.8, 4) is 11.5 Å². The molecular formula is C16H15NO5S. The van der Waals surface area contributed by atoms with Crippen LogP contribution in [0.3, 0.4) is 0 Å². The van der Waals surface area contributed by atoms with Gasteiger partial charge in [-0.1, -0.05) is 0 Å². The van der Waals surface area contributed by atoms with Crippen molar-refractivity contribution in [2.45, 2.75) is 12.6 Å². The van der Waals surface area contributed by atoms with Crippen LogP contribution in [0, 0.1) is 0 Å². The zero-order valence-electron chi connectivity index (χ0n) is 12.4. The number of esters is 1. The summed E-state index contributed by atoms with van der Waals surface area (Å²) in [7, 11) is 1.30. The molecule has 1 atom stereocenters. The van der Waals surface area contributed by atoms with Crippen LogP contribution < -0.4 is 4.74 Å². The number of methoxy groups -OCH3 is 1. The Kier molecular flexibility index (Phi) is 4.47. The van der Waals surface area contributed by atoms with Gasteiger partial charge in [0, 0.05) is 6.07 Å². The fourth-order valence-electron chi connectivity index (χ4n) is 2.10. The Bertz CT molecular complexity index is 726. The first-order chi connectivity index (χ1) is 11.2. The van der Waals surface area contributed by atoms with Crippen LogP contribution in [-0.4, -0.2) is 36.7 Å². The van der Waals surface area contributed by atoms with E-state index in [1.807, 2.05) is 16.8 Å². The van der Waals surface area contributed by atoms with E-state index in [2.05, 4.69) is 9.73 Å². The summed E-state index contributed by atoms with van der Waals surface area (Å²) in [5.74, 6) is 0.287. The molecular weight excluding hydrogens is 318 g/mol. The number of hydrogen-bond donors (Lipinski definition) is 1. The third kappa shape index (κ3) is 3.45. The van der Waals surface area contributed by atoms with Crippen molar-refractivity contribution >= 4 is 23.2 Å². The smallest absolute Gasteiger partial charge is 0.334 e. The lowest BCUT2D eigenvalue weighted by Gasteiger charge is -2.08. The predicted octanol–water partition coefficient (Wildman–Crippen LogP) is 2.35. The molecule has 1 unspecified atom stereocenters. The van der Waals surface area contributed by atoms with E-state index in [1.54, 1.807) is 23.5 Å². The Hall–Kier alpha value is -2.54. The molecule has 2 aromatic rings. The second-order valence-electron chi connectivity index (χ2n) is 4.88. The number of carbonyl (C=O) groups is 1. The average molecular weight is 333 g/mol. The summed E-state index contributed by atoms with van der Waals surface area (Å²) in [5.41, 5.74) is 1.49. The number of carbonyl (C=O) groups excluding carboxylic acids is 1. The van der Waals surface area contributed by atoms with Gasteiger partial charge in [-0.2, -0.15) is 11.3 Å². The van der Waals surface area contributed by atoms with Gasteiger partial charge >= 0.3 is 5.97 Å². The minimum absolute atomic E-state index is 0.0166. The number of benzene rings is 1. The molecule has 6 nitrogen and oxygen atoms in total. The molecule has 0 spiro atoms. The Morgan fingerprint density at radius 3 is 3.04 bits per heavy atom. The maximum absolute atomic E-state index is 11.4. The van der Waals surface area contributed by atoms with Crippen molar-refractivity contribution in [2.75, 3.05) is 13.7 Å². The Balaban J connectivity index is 1.71. The van der Waals surface area contributed by atoms with E-state index in [-0.39, 0.29) is 18.3 Å². The molecule has 0 amide bonds. The lowest BCUT2D eigenvalue weighted by Crippen LogP contribution is -2.21. The van der Waals surface area contributed by atoms with Gasteiger partial charge in [0.25, 0.3) is 0 Å². The van der Waals surface area contributed by atoms with Crippen LogP contribution in [-0.2, 0) is 20.9 Å². The van der Waals surface area contributed by atoms with Gasteiger partial charge in [-0.3, -0.25) is 0 Å². The van der Waals surface area contributed by atoms with E-state index in [9.17, 15) is 9.90 Å². The minimum Gasteiger partial charge on any atom is -0.507 e. The normalized spacial score (nSPS) is 16.6.